The number of hydrogen-bond donors (Lipinski definition) is 0. The molecule has 0 saturated carbocycles. The minimum absolute atomic E-state index is 0.113. The van der Waals surface area contributed by atoms with Crippen LogP contribution in [0, 0.1) is 0 Å². The lowest BCUT2D eigenvalue weighted by Gasteiger charge is -2.25. The third kappa shape index (κ3) is 2.17. The molecule has 1 aliphatic heterocycles. The first-order chi connectivity index (χ1) is 8.84. The summed E-state index contributed by atoms with van der Waals surface area (Å²) in [6, 6.07) is 7.62. The molecule has 1 aromatic heterocycles. The van der Waals surface area contributed by atoms with E-state index in [0.29, 0.717) is 25.3 Å². The molecule has 4 nitrogen and oxygen atoms in total. The van der Waals surface area contributed by atoms with Crippen molar-refractivity contribution in [2.45, 2.75) is 0 Å². The lowest BCUT2D eigenvalue weighted by molar-refractivity contribution is 0.0371. The number of ketones is 1. The Kier molecular flexibility index (Phi) is 3.13. The first kappa shape index (κ1) is 11.4. The highest BCUT2D eigenvalue weighted by molar-refractivity contribution is 6.08. The smallest absolute Gasteiger partial charge is 0.180 e. The lowest BCUT2D eigenvalue weighted by Crippen LogP contribution is -2.39. The molecule has 0 amide bonds. The molecule has 0 atom stereocenters. The number of nitrogens with zero attached hydrogens (tertiary/aromatic N) is 1. The van der Waals surface area contributed by atoms with E-state index < -0.39 is 0 Å². The predicted octanol–water partition coefficient (Wildman–Crippen LogP) is 1.95. The molecule has 1 saturated heterocycles. The van der Waals surface area contributed by atoms with Crippen LogP contribution in [0.4, 0.5) is 0 Å². The summed E-state index contributed by atoms with van der Waals surface area (Å²) in [5.41, 5.74) is 1.44. The van der Waals surface area contributed by atoms with Crippen molar-refractivity contribution in [2.24, 2.45) is 0 Å². The third-order valence-electron chi connectivity index (χ3n) is 3.25. The monoisotopic (exact) mass is 245 g/mol. The van der Waals surface area contributed by atoms with Gasteiger partial charge in [-0.1, -0.05) is 18.2 Å². The molecule has 1 aromatic carbocycles. The molecule has 2 aromatic rings. The van der Waals surface area contributed by atoms with Crippen LogP contribution in [0.3, 0.4) is 0 Å². The van der Waals surface area contributed by atoms with Crippen molar-refractivity contribution in [1.29, 1.82) is 0 Å². The van der Waals surface area contributed by atoms with Gasteiger partial charge in [-0.3, -0.25) is 9.69 Å². The highest BCUT2D eigenvalue weighted by Gasteiger charge is 2.18. The summed E-state index contributed by atoms with van der Waals surface area (Å²) in [5.74, 6) is 0.113. The van der Waals surface area contributed by atoms with Crippen LogP contribution >= 0.6 is 0 Å². The van der Waals surface area contributed by atoms with Gasteiger partial charge in [-0.2, -0.15) is 0 Å². The van der Waals surface area contributed by atoms with E-state index >= 15 is 0 Å². The van der Waals surface area contributed by atoms with Crippen LogP contribution in [-0.4, -0.2) is 43.5 Å². The first-order valence-electron chi connectivity index (χ1n) is 6.14. The Bertz CT molecular complexity index is 555. The van der Waals surface area contributed by atoms with E-state index in [2.05, 4.69) is 4.90 Å². The van der Waals surface area contributed by atoms with Gasteiger partial charge in [0.05, 0.1) is 25.3 Å². The number of furan rings is 1. The van der Waals surface area contributed by atoms with Gasteiger partial charge in [0.1, 0.15) is 11.8 Å². The SMILES string of the molecule is O=C(CN1CCOCC1)c1coc2ccccc12. The Morgan fingerprint density at radius 3 is 2.83 bits per heavy atom. The molecular weight excluding hydrogens is 230 g/mol. The van der Waals surface area contributed by atoms with E-state index in [4.69, 9.17) is 9.15 Å². The van der Waals surface area contributed by atoms with Gasteiger partial charge in [-0.05, 0) is 6.07 Å². The Labute approximate surface area is 105 Å². The normalized spacial score (nSPS) is 17.1. The second kappa shape index (κ2) is 4.92. The number of morpholine rings is 1. The highest BCUT2D eigenvalue weighted by Crippen LogP contribution is 2.21. The maximum Gasteiger partial charge on any atom is 0.180 e. The number of para-hydroxylation sites is 1. The summed E-state index contributed by atoms with van der Waals surface area (Å²) in [4.78, 5) is 14.4. The van der Waals surface area contributed by atoms with E-state index in [9.17, 15) is 4.79 Å². The van der Waals surface area contributed by atoms with Crippen LogP contribution in [0.15, 0.2) is 34.9 Å². The molecule has 0 aliphatic carbocycles. The van der Waals surface area contributed by atoms with Crippen LogP contribution in [0.25, 0.3) is 11.0 Å². The lowest BCUT2D eigenvalue weighted by atomic mass is 10.1. The second-order valence-electron chi connectivity index (χ2n) is 4.46. The molecule has 94 valence electrons. The number of ether oxygens (including phenoxy) is 1. The molecular formula is C14H15NO3. The molecule has 0 radical (unpaired) electrons. The van der Waals surface area contributed by atoms with Gasteiger partial charge in [0.25, 0.3) is 0 Å². The van der Waals surface area contributed by atoms with E-state index in [-0.39, 0.29) is 5.78 Å². The van der Waals surface area contributed by atoms with E-state index in [0.717, 1.165) is 24.1 Å². The molecule has 18 heavy (non-hydrogen) atoms. The zero-order valence-corrected chi connectivity index (χ0v) is 10.1. The fourth-order valence-electron chi connectivity index (χ4n) is 2.24. The van der Waals surface area contributed by atoms with Crippen molar-refractivity contribution in [3.8, 4) is 0 Å². The summed E-state index contributed by atoms with van der Waals surface area (Å²) in [5, 5.41) is 0.899. The fraction of sp³-hybridized carbons (Fsp3) is 0.357. The van der Waals surface area contributed by atoms with Crippen LogP contribution in [0.1, 0.15) is 10.4 Å². The summed E-state index contributed by atoms with van der Waals surface area (Å²) >= 11 is 0. The quantitative estimate of drug-likeness (QED) is 0.775. The standard InChI is InChI=1S/C14H15NO3/c16-13(9-15-5-7-17-8-6-15)12-10-18-14-4-2-1-3-11(12)14/h1-4,10H,5-9H2. The van der Waals surface area contributed by atoms with Gasteiger partial charge >= 0.3 is 0 Å². The number of carbonyl (C=O) groups excluding carboxylic acids is 1. The predicted molar refractivity (Wildman–Crippen MR) is 67.8 cm³/mol. The Hall–Kier alpha value is -1.65. The van der Waals surface area contributed by atoms with Crippen LogP contribution < -0.4 is 0 Å². The van der Waals surface area contributed by atoms with Gasteiger partial charge in [0, 0.05) is 18.5 Å². The maximum absolute atomic E-state index is 12.2. The molecule has 1 aliphatic rings. The zero-order valence-electron chi connectivity index (χ0n) is 10.1. The van der Waals surface area contributed by atoms with Gasteiger partial charge in [0.2, 0.25) is 0 Å². The van der Waals surface area contributed by atoms with E-state index in [1.807, 2.05) is 24.3 Å². The molecule has 0 N–H and O–H groups in total. The van der Waals surface area contributed by atoms with E-state index in [1.165, 1.54) is 0 Å². The summed E-state index contributed by atoms with van der Waals surface area (Å²) < 4.78 is 10.7. The maximum atomic E-state index is 12.2. The Balaban J connectivity index is 1.79. The Morgan fingerprint density at radius 1 is 1.22 bits per heavy atom. The van der Waals surface area contributed by atoms with Crippen molar-refractivity contribution in [3.63, 3.8) is 0 Å². The average molecular weight is 245 g/mol. The minimum atomic E-state index is 0.113. The third-order valence-corrected chi connectivity index (χ3v) is 3.25. The van der Waals surface area contributed by atoms with Crippen molar-refractivity contribution >= 4 is 16.8 Å². The van der Waals surface area contributed by atoms with Crippen molar-refractivity contribution in [1.82, 2.24) is 4.90 Å². The molecule has 1 fully saturated rings. The minimum Gasteiger partial charge on any atom is -0.464 e. The molecule has 0 bridgehead atoms. The van der Waals surface area contributed by atoms with Gasteiger partial charge in [-0.15, -0.1) is 0 Å². The molecule has 0 spiro atoms. The van der Waals surface area contributed by atoms with Crippen LogP contribution in [0.2, 0.25) is 0 Å². The molecule has 0 unspecified atom stereocenters. The molecule has 3 rings (SSSR count). The van der Waals surface area contributed by atoms with Gasteiger partial charge in [0.15, 0.2) is 5.78 Å². The molecule has 4 heteroatoms. The Morgan fingerprint density at radius 2 is 2.00 bits per heavy atom. The van der Waals surface area contributed by atoms with Crippen molar-refractivity contribution < 1.29 is 13.9 Å². The van der Waals surface area contributed by atoms with Gasteiger partial charge in [-0.25, -0.2) is 0 Å². The number of hydrogen-bond acceptors (Lipinski definition) is 4. The number of fused-ring (bicyclic) bond motifs is 1. The van der Waals surface area contributed by atoms with Crippen LogP contribution in [0.5, 0.6) is 0 Å². The number of Topliss-reactive ketones (excluding diaryl/α,β-unsaturated/α-hetero) is 1. The zero-order chi connectivity index (χ0) is 12.4. The van der Waals surface area contributed by atoms with Gasteiger partial charge < -0.3 is 9.15 Å². The average Bonchev–Trinajstić information content (AvgIpc) is 2.84. The first-order valence-corrected chi connectivity index (χ1v) is 6.14. The van der Waals surface area contributed by atoms with Crippen LogP contribution in [-0.2, 0) is 4.74 Å². The summed E-state index contributed by atoms with van der Waals surface area (Å²) in [6.07, 6.45) is 1.56. The summed E-state index contributed by atoms with van der Waals surface area (Å²) in [6.45, 7) is 3.49. The van der Waals surface area contributed by atoms with Crippen molar-refractivity contribution in [2.75, 3.05) is 32.8 Å². The fourth-order valence-corrected chi connectivity index (χ4v) is 2.24. The van der Waals surface area contributed by atoms with E-state index in [1.54, 1.807) is 6.26 Å². The van der Waals surface area contributed by atoms with Crippen molar-refractivity contribution in [3.05, 3.63) is 36.1 Å². The largest absolute Gasteiger partial charge is 0.464 e. The number of rotatable bonds is 3. The molecule has 2 heterocycles. The number of carbonyl (C=O) groups is 1. The highest BCUT2D eigenvalue weighted by atomic mass is 16.5. The summed E-state index contributed by atoms with van der Waals surface area (Å²) in [7, 11) is 0. The second-order valence-corrected chi connectivity index (χ2v) is 4.46. The topological polar surface area (TPSA) is 42.7 Å². The number of benzene rings is 1.